The summed E-state index contributed by atoms with van der Waals surface area (Å²) in [6.45, 7) is 4.25. The van der Waals surface area contributed by atoms with Crippen molar-refractivity contribution in [2.75, 3.05) is 11.2 Å². The highest BCUT2D eigenvalue weighted by Gasteiger charge is 2.06. The predicted octanol–water partition coefficient (Wildman–Crippen LogP) is 2.26. The number of hydrazine groups is 1. The predicted molar refractivity (Wildman–Crippen MR) is 74.9 cm³/mol. The van der Waals surface area contributed by atoms with Crippen LogP contribution in [0.15, 0.2) is 30.3 Å². The minimum Gasteiger partial charge on any atom is -0.439 e. The number of nitrogens with one attached hydrogen (secondary N) is 1. The number of hydrogen-bond donors (Lipinski definition) is 3. The average Bonchev–Trinajstić information content (AvgIpc) is 2.38. The Bertz CT molecular complexity index is 571. The molecule has 0 aliphatic rings. The van der Waals surface area contributed by atoms with Crippen LogP contribution < -0.4 is 21.7 Å². The fraction of sp³-hybridized carbons (Fsp3) is 0.231. The van der Waals surface area contributed by atoms with E-state index in [1.165, 1.54) is 5.56 Å². The van der Waals surface area contributed by atoms with E-state index in [4.69, 9.17) is 16.3 Å². The van der Waals surface area contributed by atoms with Crippen molar-refractivity contribution in [2.24, 2.45) is 5.84 Å². The van der Waals surface area contributed by atoms with Crippen molar-refractivity contribution < 1.29 is 4.74 Å². The Labute approximate surface area is 111 Å². The van der Waals surface area contributed by atoms with Gasteiger partial charge in [-0.3, -0.25) is 0 Å². The molecule has 5 N–H and O–H groups in total. The summed E-state index contributed by atoms with van der Waals surface area (Å²) in [5.74, 6) is 7.28. The van der Waals surface area contributed by atoms with Crippen LogP contribution in [0.4, 0.5) is 11.8 Å². The van der Waals surface area contributed by atoms with Gasteiger partial charge in [0.15, 0.2) is 0 Å². The zero-order valence-electron chi connectivity index (χ0n) is 10.9. The van der Waals surface area contributed by atoms with E-state index in [0.29, 0.717) is 23.4 Å². The molecule has 0 amide bonds. The summed E-state index contributed by atoms with van der Waals surface area (Å²) < 4.78 is 5.67. The van der Waals surface area contributed by atoms with Crippen LogP contribution in [0.25, 0.3) is 0 Å². The molecule has 0 unspecified atom stereocenters. The third kappa shape index (κ3) is 3.32. The second kappa shape index (κ2) is 5.53. The summed E-state index contributed by atoms with van der Waals surface area (Å²) in [7, 11) is 0. The van der Waals surface area contributed by atoms with Gasteiger partial charge in [-0.2, -0.15) is 9.97 Å². The SMILES string of the molecule is CC(C)c1cccc(Oc2cc(NN)nc(N)n2)c1. The van der Waals surface area contributed by atoms with Gasteiger partial charge in [0.1, 0.15) is 11.6 Å². The van der Waals surface area contributed by atoms with Gasteiger partial charge in [0.2, 0.25) is 11.8 Å². The molecule has 0 fully saturated rings. The highest BCUT2D eigenvalue weighted by Crippen LogP contribution is 2.25. The van der Waals surface area contributed by atoms with E-state index in [-0.39, 0.29) is 5.95 Å². The van der Waals surface area contributed by atoms with Gasteiger partial charge >= 0.3 is 0 Å². The summed E-state index contributed by atoms with van der Waals surface area (Å²) in [4.78, 5) is 7.89. The van der Waals surface area contributed by atoms with Gasteiger partial charge in [0.05, 0.1) is 0 Å². The maximum absolute atomic E-state index is 5.67. The molecule has 1 heterocycles. The van der Waals surface area contributed by atoms with E-state index >= 15 is 0 Å². The molecule has 0 aliphatic heterocycles. The summed E-state index contributed by atoms with van der Waals surface area (Å²) in [6.07, 6.45) is 0. The lowest BCUT2D eigenvalue weighted by molar-refractivity contribution is 0.462. The van der Waals surface area contributed by atoms with E-state index in [9.17, 15) is 0 Å². The van der Waals surface area contributed by atoms with Crippen LogP contribution in [0.2, 0.25) is 0 Å². The van der Waals surface area contributed by atoms with Crippen LogP contribution in [0.5, 0.6) is 11.6 Å². The maximum atomic E-state index is 5.67. The Kier molecular flexibility index (Phi) is 3.82. The molecule has 6 heteroatoms. The van der Waals surface area contributed by atoms with Gasteiger partial charge in [0, 0.05) is 6.07 Å². The molecule has 0 saturated carbocycles. The zero-order chi connectivity index (χ0) is 13.8. The number of rotatable bonds is 4. The van der Waals surface area contributed by atoms with E-state index in [1.54, 1.807) is 6.07 Å². The standard InChI is InChI=1S/C13H17N5O/c1-8(2)9-4-3-5-10(6-9)19-12-7-11(18-15)16-13(14)17-12/h3-8H,15H2,1-2H3,(H3,14,16,17,18). The van der Waals surface area contributed by atoms with Gasteiger partial charge < -0.3 is 15.9 Å². The fourth-order valence-corrected chi connectivity index (χ4v) is 1.63. The van der Waals surface area contributed by atoms with Crippen molar-refractivity contribution in [2.45, 2.75) is 19.8 Å². The number of nitrogen functional groups attached to an aromatic ring is 2. The van der Waals surface area contributed by atoms with Gasteiger partial charge in [-0.25, -0.2) is 5.84 Å². The smallest absolute Gasteiger partial charge is 0.226 e. The first-order valence-electron chi connectivity index (χ1n) is 5.97. The molecule has 0 radical (unpaired) electrons. The number of benzene rings is 1. The molecule has 2 rings (SSSR count). The molecule has 1 aromatic heterocycles. The number of hydrogen-bond acceptors (Lipinski definition) is 6. The van der Waals surface area contributed by atoms with Gasteiger partial charge in [-0.1, -0.05) is 26.0 Å². The van der Waals surface area contributed by atoms with E-state index in [1.807, 2.05) is 18.2 Å². The quantitative estimate of drug-likeness (QED) is 0.575. The van der Waals surface area contributed by atoms with Gasteiger partial charge in [-0.05, 0) is 23.6 Å². The second-order valence-electron chi connectivity index (χ2n) is 4.42. The Morgan fingerprint density at radius 1 is 1.21 bits per heavy atom. The molecular weight excluding hydrogens is 242 g/mol. The number of nitrogens with two attached hydrogens (primary N) is 2. The lowest BCUT2D eigenvalue weighted by Gasteiger charge is -2.10. The number of aromatic nitrogens is 2. The molecule has 0 spiro atoms. The molecular formula is C13H17N5O. The van der Waals surface area contributed by atoms with E-state index in [2.05, 4.69) is 35.3 Å². The van der Waals surface area contributed by atoms with Crippen LogP contribution in [0.3, 0.4) is 0 Å². The molecule has 0 atom stereocenters. The molecule has 2 aromatic rings. The summed E-state index contributed by atoms with van der Waals surface area (Å²) >= 11 is 0. The van der Waals surface area contributed by atoms with E-state index < -0.39 is 0 Å². The molecule has 19 heavy (non-hydrogen) atoms. The molecule has 100 valence electrons. The Hall–Kier alpha value is -2.34. The largest absolute Gasteiger partial charge is 0.439 e. The third-order valence-electron chi connectivity index (χ3n) is 2.62. The maximum Gasteiger partial charge on any atom is 0.226 e. The molecule has 6 nitrogen and oxygen atoms in total. The number of anilines is 2. The summed E-state index contributed by atoms with van der Waals surface area (Å²) in [6, 6.07) is 9.41. The second-order valence-corrected chi connectivity index (χ2v) is 4.42. The minimum atomic E-state index is 0.102. The first-order chi connectivity index (χ1) is 9.08. The highest BCUT2D eigenvalue weighted by molar-refractivity contribution is 5.43. The molecule has 0 bridgehead atoms. The van der Waals surface area contributed by atoms with Gasteiger partial charge in [-0.15, -0.1) is 0 Å². The fourth-order valence-electron chi connectivity index (χ4n) is 1.63. The Morgan fingerprint density at radius 2 is 2.00 bits per heavy atom. The molecule has 1 aromatic carbocycles. The minimum absolute atomic E-state index is 0.102. The highest BCUT2D eigenvalue weighted by atomic mass is 16.5. The summed E-state index contributed by atoms with van der Waals surface area (Å²) in [5, 5.41) is 0. The Morgan fingerprint density at radius 3 is 2.68 bits per heavy atom. The summed E-state index contributed by atoms with van der Waals surface area (Å²) in [5.41, 5.74) is 9.17. The van der Waals surface area contributed by atoms with Crippen molar-refractivity contribution in [1.82, 2.24) is 9.97 Å². The van der Waals surface area contributed by atoms with Crippen LogP contribution in [-0.4, -0.2) is 9.97 Å². The lowest BCUT2D eigenvalue weighted by atomic mass is 10.0. The lowest BCUT2D eigenvalue weighted by Crippen LogP contribution is -2.10. The first kappa shape index (κ1) is 13.1. The molecule has 0 aliphatic carbocycles. The van der Waals surface area contributed by atoms with Crippen molar-refractivity contribution in [3.8, 4) is 11.6 Å². The molecule has 0 saturated heterocycles. The topological polar surface area (TPSA) is 99.1 Å². The normalized spacial score (nSPS) is 10.5. The van der Waals surface area contributed by atoms with Crippen molar-refractivity contribution >= 4 is 11.8 Å². The van der Waals surface area contributed by atoms with E-state index in [0.717, 1.165) is 0 Å². The van der Waals surface area contributed by atoms with Crippen LogP contribution >= 0.6 is 0 Å². The van der Waals surface area contributed by atoms with Crippen LogP contribution in [0, 0.1) is 0 Å². The third-order valence-corrected chi connectivity index (χ3v) is 2.62. The first-order valence-corrected chi connectivity index (χ1v) is 5.97. The van der Waals surface area contributed by atoms with Gasteiger partial charge in [0.25, 0.3) is 0 Å². The average molecular weight is 259 g/mol. The van der Waals surface area contributed by atoms with Crippen LogP contribution in [0.1, 0.15) is 25.3 Å². The van der Waals surface area contributed by atoms with Crippen molar-refractivity contribution in [3.05, 3.63) is 35.9 Å². The monoisotopic (exact) mass is 259 g/mol. The zero-order valence-corrected chi connectivity index (χ0v) is 10.9. The Balaban J connectivity index is 2.25. The van der Waals surface area contributed by atoms with Crippen molar-refractivity contribution in [3.63, 3.8) is 0 Å². The van der Waals surface area contributed by atoms with Crippen molar-refractivity contribution in [1.29, 1.82) is 0 Å². The number of nitrogens with zero attached hydrogens (tertiary/aromatic N) is 2. The van der Waals surface area contributed by atoms with Crippen LogP contribution in [-0.2, 0) is 0 Å². The number of ether oxygens (including phenoxy) is 1.